The second-order valence-electron chi connectivity index (χ2n) is 16.9. The lowest BCUT2D eigenvalue weighted by atomic mass is 9.80. The molecule has 0 saturated heterocycles. The van der Waals surface area contributed by atoms with Crippen LogP contribution in [0.25, 0.3) is 77.8 Å². The molecule has 3 nitrogen and oxygen atoms in total. The highest BCUT2D eigenvalue weighted by atomic mass is 16.3. The van der Waals surface area contributed by atoms with Crippen molar-refractivity contribution in [1.82, 2.24) is 0 Å². The van der Waals surface area contributed by atoms with Crippen LogP contribution in [0.1, 0.15) is 62.0 Å². The van der Waals surface area contributed by atoms with Crippen LogP contribution in [0.3, 0.4) is 0 Å². The van der Waals surface area contributed by atoms with Gasteiger partial charge < -0.3 is 13.7 Å². The molecular formula is C58H45NO2. The quantitative estimate of drug-likeness (QED) is 0.161. The molecule has 0 aliphatic heterocycles. The van der Waals surface area contributed by atoms with Gasteiger partial charge in [-0.3, -0.25) is 0 Å². The Labute approximate surface area is 355 Å². The van der Waals surface area contributed by atoms with Crippen LogP contribution in [0.15, 0.2) is 185 Å². The van der Waals surface area contributed by atoms with Crippen LogP contribution in [-0.4, -0.2) is 0 Å². The van der Waals surface area contributed by atoms with Crippen LogP contribution >= 0.6 is 0 Å². The maximum atomic E-state index is 6.45. The number of rotatable bonds is 7. The predicted octanol–water partition coefficient (Wildman–Crippen LogP) is 15.1. The number of nitrogens with zero attached hydrogens (tertiary/aromatic N) is 1. The van der Waals surface area contributed by atoms with Crippen molar-refractivity contribution in [3.8, 4) is 22.3 Å². The van der Waals surface area contributed by atoms with E-state index < -0.39 is 0 Å². The van der Waals surface area contributed by atoms with Crippen molar-refractivity contribution in [2.75, 3.05) is 4.90 Å². The van der Waals surface area contributed by atoms with Gasteiger partial charge in [0, 0.05) is 38.4 Å². The van der Waals surface area contributed by atoms with E-state index in [-0.39, 0.29) is 0 Å². The highest BCUT2D eigenvalue weighted by molar-refractivity contribution is 6.14. The van der Waals surface area contributed by atoms with Crippen molar-refractivity contribution < 1.29 is 8.83 Å². The molecule has 12 rings (SSSR count). The van der Waals surface area contributed by atoms with Gasteiger partial charge in [0.1, 0.15) is 22.3 Å². The Morgan fingerprint density at radius 2 is 1.08 bits per heavy atom. The van der Waals surface area contributed by atoms with E-state index in [9.17, 15) is 0 Å². The molecule has 0 amide bonds. The number of hydrogen-bond donors (Lipinski definition) is 0. The fraction of sp³-hybridized carbons (Fsp3) is 0.138. The summed E-state index contributed by atoms with van der Waals surface area (Å²) in [6.07, 6.45) is 11.0. The Bertz CT molecular complexity index is 3420. The second-order valence-corrected chi connectivity index (χ2v) is 16.9. The van der Waals surface area contributed by atoms with Gasteiger partial charge in [0.25, 0.3) is 0 Å². The lowest BCUT2D eigenvalue weighted by molar-refractivity contribution is 0.442. The van der Waals surface area contributed by atoms with Gasteiger partial charge in [-0.25, -0.2) is 0 Å². The first-order valence-electron chi connectivity index (χ1n) is 22.0. The second kappa shape index (κ2) is 14.9. The monoisotopic (exact) mass is 787 g/mol. The van der Waals surface area contributed by atoms with E-state index in [4.69, 9.17) is 8.83 Å². The summed E-state index contributed by atoms with van der Waals surface area (Å²) >= 11 is 0. The summed E-state index contributed by atoms with van der Waals surface area (Å²) in [5, 5.41) is 7.40. The van der Waals surface area contributed by atoms with E-state index in [1.54, 1.807) is 0 Å². The van der Waals surface area contributed by atoms with Gasteiger partial charge in [-0.2, -0.15) is 0 Å². The van der Waals surface area contributed by atoms with Crippen molar-refractivity contribution in [3.63, 3.8) is 0 Å². The maximum absolute atomic E-state index is 6.45. The molecule has 0 unspecified atom stereocenters. The molecule has 0 N–H and O–H groups in total. The smallest absolute Gasteiger partial charge is 0.136 e. The average molecular weight is 788 g/mol. The van der Waals surface area contributed by atoms with Crippen LogP contribution in [0.2, 0.25) is 0 Å². The molecule has 2 aliphatic rings. The average Bonchev–Trinajstić information content (AvgIpc) is 3.90. The summed E-state index contributed by atoms with van der Waals surface area (Å²) < 4.78 is 12.8. The summed E-state index contributed by atoms with van der Waals surface area (Å²) in [5.74, 6) is 0.603. The maximum Gasteiger partial charge on any atom is 0.136 e. The van der Waals surface area contributed by atoms with Gasteiger partial charge in [-0.1, -0.05) is 147 Å². The molecule has 0 bridgehead atoms. The molecule has 2 heterocycles. The van der Waals surface area contributed by atoms with Gasteiger partial charge in [-0.05, 0) is 124 Å². The third kappa shape index (κ3) is 6.10. The number of hydrogen-bond acceptors (Lipinski definition) is 3. The van der Waals surface area contributed by atoms with E-state index in [0.29, 0.717) is 5.92 Å². The summed E-state index contributed by atoms with van der Waals surface area (Å²) in [6.45, 7) is 0. The van der Waals surface area contributed by atoms with Gasteiger partial charge in [0.15, 0.2) is 0 Å². The zero-order valence-corrected chi connectivity index (χ0v) is 34.1. The molecule has 2 aliphatic carbocycles. The number of furan rings is 2. The molecule has 294 valence electrons. The molecule has 61 heavy (non-hydrogen) atoms. The Balaban J connectivity index is 1.07. The molecule has 1 fully saturated rings. The van der Waals surface area contributed by atoms with Gasteiger partial charge in [0.05, 0.1) is 11.4 Å². The third-order valence-electron chi connectivity index (χ3n) is 13.4. The van der Waals surface area contributed by atoms with Gasteiger partial charge in [0.2, 0.25) is 0 Å². The van der Waals surface area contributed by atoms with Crippen LogP contribution < -0.4 is 15.3 Å². The number of fused-ring (bicyclic) bond motifs is 7. The Morgan fingerprint density at radius 3 is 1.92 bits per heavy atom. The van der Waals surface area contributed by atoms with Gasteiger partial charge in [-0.15, -0.1) is 0 Å². The highest BCUT2D eigenvalue weighted by Gasteiger charge is 2.25. The topological polar surface area (TPSA) is 29.5 Å². The molecule has 2 aromatic heterocycles. The van der Waals surface area contributed by atoms with Crippen molar-refractivity contribution in [3.05, 3.63) is 197 Å². The fourth-order valence-electron chi connectivity index (χ4n) is 10.6. The molecule has 0 radical (unpaired) electrons. The van der Waals surface area contributed by atoms with E-state index in [0.717, 1.165) is 90.3 Å². The molecule has 3 heteroatoms. The van der Waals surface area contributed by atoms with E-state index in [1.165, 1.54) is 64.9 Å². The molecular weight excluding hydrogens is 743 g/mol. The largest absolute Gasteiger partial charge is 0.456 e. The molecule has 0 atom stereocenters. The van der Waals surface area contributed by atoms with E-state index in [2.05, 4.69) is 169 Å². The molecule has 10 aromatic rings. The van der Waals surface area contributed by atoms with Crippen LogP contribution in [-0.2, 0) is 0 Å². The van der Waals surface area contributed by atoms with E-state index in [1.807, 2.05) is 18.2 Å². The fourth-order valence-corrected chi connectivity index (χ4v) is 10.6. The molecule has 1 saturated carbocycles. The number of para-hydroxylation sites is 4. The predicted molar refractivity (Wildman–Crippen MR) is 254 cm³/mol. The Morgan fingerprint density at radius 1 is 0.459 bits per heavy atom. The first-order valence-corrected chi connectivity index (χ1v) is 22.0. The Hall–Kier alpha value is -7.10. The minimum atomic E-state index is 0.603. The summed E-state index contributed by atoms with van der Waals surface area (Å²) in [4.78, 5) is 2.51. The number of anilines is 3. The van der Waals surface area contributed by atoms with Crippen molar-refractivity contribution >= 4 is 72.6 Å². The van der Waals surface area contributed by atoms with Crippen LogP contribution in [0.4, 0.5) is 17.1 Å². The van der Waals surface area contributed by atoms with Gasteiger partial charge >= 0.3 is 0 Å². The highest BCUT2D eigenvalue weighted by Crippen LogP contribution is 2.47. The van der Waals surface area contributed by atoms with Crippen molar-refractivity contribution in [2.45, 2.75) is 50.9 Å². The summed E-state index contributed by atoms with van der Waals surface area (Å²) in [7, 11) is 0. The normalized spacial score (nSPS) is 14.5. The zero-order chi connectivity index (χ0) is 40.3. The van der Waals surface area contributed by atoms with Crippen LogP contribution in [0, 0.1) is 0 Å². The first kappa shape index (κ1) is 35.8. The van der Waals surface area contributed by atoms with Crippen molar-refractivity contribution in [1.29, 1.82) is 0 Å². The standard InChI is InChI=1S/C58H45NO2/c1-2-15-39(16-3-1)43-23-12-17-40-18-13-24-48(57(40)43)44-19-4-8-26-51(44)59(42-34-31-38(32-35-42)41-33-36-47-46-21-6-10-28-53(46)61-56(47)37-41)52-27-9-5-20-45(52)49-25-14-30-55-58(49)50-22-7-11-29-54(50)60-55/h4-12,14,17-23,25-37,39H,1-3,13,15-16,24H2. The minimum Gasteiger partial charge on any atom is -0.456 e. The summed E-state index contributed by atoms with van der Waals surface area (Å²) in [5.41, 5.74) is 15.9. The SMILES string of the molecule is C1=c2cccc(C3CCCCC3)c2=C(c2ccccc2N(c2ccc(-c3ccc4c(c3)oc3ccccc34)cc2)c2ccccc2-c2cccc3oc4ccccc4c23)CC1. The minimum absolute atomic E-state index is 0.603. The van der Waals surface area contributed by atoms with Crippen LogP contribution in [0.5, 0.6) is 0 Å². The Kier molecular flexibility index (Phi) is 8.73. The summed E-state index contributed by atoms with van der Waals surface area (Å²) in [6, 6.07) is 64.0. The zero-order valence-electron chi connectivity index (χ0n) is 34.1. The number of benzene rings is 8. The molecule has 8 aromatic carbocycles. The van der Waals surface area contributed by atoms with E-state index >= 15 is 0 Å². The lowest BCUT2D eigenvalue weighted by Crippen LogP contribution is -2.35. The first-order chi connectivity index (χ1) is 30.3. The van der Waals surface area contributed by atoms with Crippen molar-refractivity contribution in [2.24, 2.45) is 0 Å². The lowest BCUT2D eigenvalue weighted by Gasteiger charge is -2.31. The third-order valence-corrected chi connectivity index (χ3v) is 13.4. The molecule has 0 spiro atoms.